The highest BCUT2D eigenvalue weighted by atomic mass is 35.5. The fraction of sp³-hybridized carbons (Fsp3) is 0. The second kappa shape index (κ2) is 5.16. The van der Waals surface area contributed by atoms with E-state index in [9.17, 15) is 4.79 Å². The monoisotopic (exact) mass is 265 g/mol. The molecule has 0 atom stereocenters. The summed E-state index contributed by atoms with van der Waals surface area (Å²) in [5, 5.41) is 3.21. The molecule has 0 fully saturated rings. The third-order valence-corrected chi connectivity index (χ3v) is 2.46. The van der Waals surface area contributed by atoms with Crippen LogP contribution < -0.4 is 5.32 Å². The zero-order valence-electron chi connectivity index (χ0n) is 8.59. The normalized spacial score (nSPS) is 10.0. The zero-order chi connectivity index (χ0) is 12.3. The minimum absolute atomic E-state index is 0.250. The predicted octanol–water partition coefficient (Wildman–Crippen LogP) is 2.94. The van der Waals surface area contributed by atoms with E-state index in [0.717, 1.165) is 5.69 Å². The van der Waals surface area contributed by atoms with Gasteiger partial charge in [-0.3, -0.25) is 4.79 Å². The molecule has 6 heteroatoms. The second-order valence-electron chi connectivity index (χ2n) is 3.20. The van der Waals surface area contributed by atoms with E-state index in [1.807, 2.05) is 0 Å². The lowest BCUT2D eigenvalue weighted by Gasteiger charge is -2.04. The van der Waals surface area contributed by atoms with Gasteiger partial charge in [0.2, 0.25) is 11.1 Å². The van der Waals surface area contributed by atoms with Gasteiger partial charge in [0.1, 0.15) is 5.69 Å². The Morgan fingerprint density at radius 3 is 2.59 bits per heavy atom. The van der Waals surface area contributed by atoms with Gasteiger partial charge in [-0.1, -0.05) is 24.2 Å². The molecule has 1 heterocycles. The van der Waals surface area contributed by atoms with Gasteiger partial charge in [0, 0.05) is 16.9 Å². The Hall–Kier alpha value is -1.59. The van der Waals surface area contributed by atoms with Crippen LogP contribution in [0.1, 0.15) is 10.5 Å². The van der Waals surface area contributed by atoms with Crippen LogP contribution in [-0.4, -0.2) is 15.1 Å². The number of nitrogens with zero attached hydrogens (tertiary/aromatic N) is 2. The highest BCUT2D eigenvalue weighted by Crippen LogP contribution is 2.16. The van der Waals surface area contributed by atoms with Gasteiger partial charge in [0.25, 0.3) is 0 Å². The van der Waals surface area contributed by atoms with Crippen LogP contribution in [0.5, 0.6) is 0 Å². The molecule has 2 aromatic rings. The second-order valence-corrected chi connectivity index (χ2v) is 4.05. The fourth-order valence-corrected chi connectivity index (χ4v) is 1.45. The third-order valence-electron chi connectivity index (χ3n) is 1.98. The van der Waals surface area contributed by atoms with Crippen molar-refractivity contribution in [2.45, 2.75) is 0 Å². The molecule has 0 spiro atoms. The molecule has 0 saturated heterocycles. The molecular formula is C11H8ClN3OS. The van der Waals surface area contributed by atoms with Crippen molar-refractivity contribution in [1.29, 1.82) is 0 Å². The number of halogens is 1. The lowest BCUT2D eigenvalue weighted by Crippen LogP contribution is -2.01. The number of benzene rings is 1. The van der Waals surface area contributed by atoms with E-state index in [2.05, 4.69) is 27.9 Å². The van der Waals surface area contributed by atoms with Crippen molar-refractivity contribution in [2.24, 2.45) is 0 Å². The first kappa shape index (κ1) is 11.9. The van der Waals surface area contributed by atoms with Gasteiger partial charge in [0.05, 0.1) is 0 Å². The summed E-state index contributed by atoms with van der Waals surface area (Å²) in [6, 6.07) is 8.58. The minimum Gasteiger partial charge on any atom is -0.324 e. The number of hydrogen-bond donors (Lipinski definition) is 2. The first-order valence-corrected chi connectivity index (χ1v) is 5.56. The molecule has 0 unspecified atom stereocenters. The Labute approximate surface area is 108 Å². The van der Waals surface area contributed by atoms with E-state index in [1.165, 1.54) is 12.3 Å². The number of carbonyl (C=O) groups is 1. The molecule has 1 aromatic carbocycles. The summed E-state index contributed by atoms with van der Waals surface area (Å²) in [4.78, 5) is 19.0. The number of anilines is 2. The van der Waals surface area contributed by atoms with Crippen molar-refractivity contribution >= 4 is 41.0 Å². The highest BCUT2D eigenvalue weighted by molar-refractivity contribution is 7.97. The van der Waals surface area contributed by atoms with Crippen molar-refractivity contribution in [3.05, 3.63) is 47.2 Å². The lowest BCUT2D eigenvalue weighted by atomic mass is 10.3. The van der Waals surface area contributed by atoms with Crippen molar-refractivity contribution in [2.75, 3.05) is 5.32 Å². The van der Waals surface area contributed by atoms with Gasteiger partial charge in [-0.2, -0.15) is 0 Å². The third kappa shape index (κ3) is 3.18. The number of aromatic nitrogens is 2. The van der Waals surface area contributed by atoms with Crippen molar-refractivity contribution < 1.29 is 4.79 Å². The van der Waals surface area contributed by atoms with Crippen LogP contribution >= 0.6 is 24.2 Å². The zero-order valence-corrected chi connectivity index (χ0v) is 10.2. The highest BCUT2D eigenvalue weighted by Gasteiger charge is 2.04. The Kier molecular flexibility index (Phi) is 3.61. The first-order valence-electron chi connectivity index (χ1n) is 4.74. The summed E-state index contributed by atoms with van der Waals surface area (Å²) in [7, 11) is 0. The molecule has 4 nitrogen and oxygen atoms in total. The van der Waals surface area contributed by atoms with Crippen LogP contribution in [0.15, 0.2) is 36.5 Å². The van der Waals surface area contributed by atoms with Gasteiger partial charge in [-0.25, -0.2) is 9.97 Å². The largest absolute Gasteiger partial charge is 0.324 e. The Bertz CT molecular complexity index is 545. The molecule has 0 bridgehead atoms. The van der Waals surface area contributed by atoms with Gasteiger partial charge >= 0.3 is 0 Å². The Morgan fingerprint density at radius 2 is 1.94 bits per heavy atom. The van der Waals surface area contributed by atoms with Crippen LogP contribution in [0.4, 0.5) is 11.6 Å². The van der Waals surface area contributed by atoms with Crippen LogP contribution in [0.2, 0.25) is 5.02 Å². The molecule has 0 aliphatic carbocycles. The standard InChI is InChI=1S/C11H8ClN3OS/c12-7-1-3-8(4-2-7)14-11-13-6-5-9(15-11)10(16)17/h1-6H,(H,16,17)(H,13,14,15). The maximum atomic E-state index is 11.0. The van der Waals surface area contributed by atoms with E-state index in [4.69, 9.17) is 11.6 Å². The smallest absolute Gasteiger partial charge is 0.234 e. The predicted molar refractivity (Wildman–Crippen MR) is 70.1 cm³/mol. The quantitative estimate of drug-likeness (QED) is 0.838. The molecule has 0 aliphatic rings. The molecule has 0 amide bonds. The first-order chi connectivity index (χ1) is 8.15. The van der Waals surface area contributed by atoms with Crippen molar-refractivity contribution in [3.63, 3.8) is 0 Å². The van der Waals surface area contributed by atoms with Gasteiger partial charge in [-0.15, -0.1) is 0 Å². The number of thiol groups is 1. The summed E-state index contributed by atoms with van der Waals surface area (Å²) in [5.41, 5.74) is 1.04. The maximum Gasteiger partial charge on any atom is 0.234 e. The molecule has 2 rings (SSSR count). The molecule has 0 radical (unpaired) electrons. The van der Waals surface area contributed by atoms with Gasteiger partial charge in [0.15, 0.2) is 0 Å². The summed E-state index contributed by atoms with van der Waals surface area (Å²) >= 11 is 9.47. The average Bonchev–Trinajstić information content (AvgIpc) is 2.32. The van der Waals surface area contributed by atoms with Crippen LogP contribution in [-0.2, 0) is 0 Å². The Morgan fingerprint density at radius 1 is 1.24 bits per heavy atom. The van der Waals surface area contributed by atoms with Crippen molar-refractivity contribution in [3.8, 4) is 0 Å². The summed E-state index contributed by atoms with van der Waals surface area (Å²) in [6.07, 6.45) is 1.49. The SMILES string of the molecule is O=C(S)c1ccnc(Nc2ccc(Cl)cc2)n1. The van der Waals surface area contributed by atoms with E-state index < -0.39 is 5.12 Å². The Balaban J connectivity index is 2.21. The fourth-order valence-electron chi connectivity index (χ4n) is 1.20. The number of rotatable bonds is 3. The van der Waals surface area contributed by atoms with E-state index >= 15 is 0 Å². The summed E-state index contributed by atoms with van der Waals surface area (Å²) in [5.74, 6) is 0.340. The van der Waals surface area contributed by atoms with Gasteiger partial charge < -0.3 is 5.32 Å². The average molecular weight is 266 g/mol. The molecular weight excluding hydrogens is 258 g/mol. The molecule has 0 aliphatic heterocycles. The van der Waals surface area contributed by atoms with Gasteiger partial charge in [-0.05, 0) is 30.3 Å². The number of nitrogens with one attached hydrogen (secondary N) is 1. The minimum atomic E-state index is -0.397. The lowest BCUT2D eigenvalue weighted by molar-refractivity contribution is 0.108. The van der Waals surface area contributed by atoms with E-state index in [1.54, 1.807) is 24.3 Å². The number of carbonyl (C=O) groups excluding carboxylic acids is 1. The summed E-state index contributed by atoms with van der Waals surface area (Å²) in [6.45, 7) is 0. The van der Waals surface area contributed by atoms with Crippen LogP contribution in [0.25, 0.3) is 0 Å². The maximum absolute atomic E-state index is 11.0. The molecule has 86 valence electrons. The van der Waals surface area contributed by atoms with E-state index in [0.29, 0.717) is 11.0 Å². The molecule has 1 aromatic heterocycles. The number of hydrogen-bond acceptors (Lipinski definition) is 4. The van der Waals surface area contributed by atoms with Crippen molar-refractivity contribution in [1.82, 2.24) is 9.97 Å². The molecule has 0 saturated carbocycles. The topological polar surface area (TPSA) is 54.9 Å². The molecule has 1 N–H and O–H groups in total. The van der Waals surface area contributed by atoms with Crippen LogP contribution in [0, 0.1) is 0 Å². The van der Waals surface area contributed by atoms with Crippen LogP contribution in [0.3, 0.4) is 0 Å². The summed E-state index contributed by atoms with van der Waals surface area (Å²) < 4.78 is 0. The molecule has 17 heavy (non-hydrogen) atoms. The van der Waals surface area contributed by atoms with E-state index in [-0.39, 0.29) is 5.69 Å².